The minimum absolute atomic E-state index is 0.189. The molecule has 0 saturated carbocycles. The van der Waals surface area contributed by atoms with Gasteiger partial charge in [-0.1, -0.05) is 43.7 Å². The molecule has 1 N–H and O–H groups in total. The fourth-order valence-corrected chi connectivity index (χ4v) is 5.96. The molecule has 0 bridgehead atoms. The number of benzene rings is 2. The number of pyridine rings is 1. The first-order chi connectivity index (χ1) is 18.6. The number of ether oxygens (including phenoxy) is 1. The number of methoxy groups -OCH3 is 1. The van der Waals surface area contributed by atoms with Gasteiger partial charge in [0, 0.05) is 23.2 Å². The number of nitrogens with zero attached hydrogens (tertiary/aromatic N) is 3. The smallest absolute Gasteiger partial charge is 0.277 e. The lowest BCUT2D eigenvalue weighted by atomic mass is 10.1. The van der Waals surface area contributed by atoms with Gasteiger partial charge in [0.25, 0.3) is 5.56 Å². The van der Waals surface area contributed by atoms with E-state index in [9.17, 15) is 22.7 Å². The number of rotatable bonds is 9. The molecule has 8 nitrogen and oxygen atoms in total. The molecule has 204 valence electrons. The number of hydrogen-bond acceptors (Lipinski definition) is 7. The molecule has 0 aliphatic rings. The molecule has 1 atom stereocenters. The molecule has 0 aliphatic heterocycles. The van der Waals surface area contributed by atoms with Crippen LogP contribution in [0, 0.1) is 12.9 Å². The van der Waals surface area contributed by atoms with Crippen molar-refractivity contribution in [2.45, 2.75) is 55.9 Å². The summed E-state index contributed by atoms with van der Waals surface area (Å²) in [6.45, 7) is 5.40. The summed E-state index contributed by atoms with van der Waals surface area (Å²) in [4.78, 5) is 20.9. The molecule has 0 fully saturated rings. The van der Waals surface area contributed by atoms with E-state index in [0.29, 0.717) is 41.0 Å². The quantitative estimate of drug-likeness (QED) is 0.283. The van der Waals surface area contributed by atoms with Crippen LogP contribution in [0.1, 0.15) is 49.8 Å². The maximum atomic E-state index is 13.9. The Morgan fingerprint density at radius 1 is 1.05 bits per heavy atom. The second kappa shape index (κ2) is 11.4. The van der Waals surface area contributed by atoms with Crippen LogP contribution in [0.25, 0.3) is 11.1 Å². The molecule has 2 aromatic heterocycles. The van der Waals surface area contributed by atoms with Gasteiger partial charge < -0.3 is 9.84 Å². The van der Waals surface area contributed by atoms with Crippen LogP contribution in [0.2, 0.25) is 0 Å². The monoisotopic (exact) mass is 551 g/mol. The topological polar surface area (TPSA) is 111 Å². The maximum Gasteiger partial charge on any atom is 0.277 e. The number of aromatic hydroxyl groups is 1. The first kappa shape index (κ1) is 28.0. The number of halogens is 1. The lowest BCUT2D eigenvalue weighted by molar-refractivity contribution is 0.394. The Bertz CT molecular complexity index is 1670. The molecule has 0 amide bonds. The van der Waals surface area contributed by atoms with Crippen molar-refractivity contribution in [3.63, 3.8) is 0 Å². The van der Waals surface area contributed by atoms with E-state index in [-0.39, 0.29) is 10.7 Å². The van der Waals surface area contributed by atoms with Crippen LogP contribution >= 0.6 is 0 Å². The van der Waals surface area contributed by atoms with E-state index in [1.807, 2.05) is 6.92 Å². The number of unbranched alkanes of at least 4 members (excludes halogenated alkanes) is 1. The molecule has 2 heterocycles. The maximum absolute atomic E-state index is 13.9. The van der Waals surface area contributed by atoms with Gasteiger partial charge in [0.05, 0.1) is 18.0 Å². The van der Waals surface area contributed by atoms with Crippen molar-refractivity contribution in [2.75, 3.05) is 7.11 Å². The van der Waals surface area contributed by atoms with Crippen LogP contribution in [0.15, 0.2) is 75.2 Å². The van der Waals surface area contributed by atoms with Crippen molar-refractivity contribution >= 4 is 9.84 Å². The third kappa shape index (κ3) is 5.42. The summed E-state index contributed by atoms with van der Waals surface area (Å²) >= 11 is 0. The number of aromatic nitrogens is 3. The van der Waals surface area contributed by atoms with Crippen molar-refractivity contribution in [1.82, 2.24) is 14.5 Å². The molecule has 39 heavy (non-hydrogen) atoms. The highest BCUT2D eigenvalue weighted by Gasteiger charge is 2.31. The Labute approximate surface area is 226 Å². The lowest BCUT2D eigenvalue weighted by Crippen LogP contribution is -2.33. The Morgan fingerprint density at radius 3 is 2.38 bits per heavy atom. The van der Waals surface area contributed by atoms with E-state index < -0.39 is 38.2 Å². The second-order valence-electron chi connectivity index (χ2n) is 9.17. The van der Waals surface area contributed by atoms with Crippen LogP contribution in [0.5, 0.6) is 11.6 Å². The standard InChI is InChI=1S/C29H30FN3O5S/c1-5-6-11-26-32-28(34)27(29(35)33(26)19(3)23-9-7-8-10-24(23)38-4)39(36,37)21-14-12-20(13-15-21)22-16-17-25(30)31-18(22)2/h7-10,12-17,19,34H,5-6,11H2,1-4H3. The normalized spacial score (nSPS) is 12.3. The molecular formula is C29H30FN3O5S. The van der Waals surface area contributed by atoms with Gasteiger partial charge in [-0.3, -0.25) is 9.36 Å². The molecule has 1 unspecified atom stereocenters. The summed E-state index contributed by atoms with van der Waals surface area (Å²) in [7, 11) is -2.94. The van der Waals surface area contributed by atoms with Gasteiger partial charge in [0.2, 0.25) is 21.7 Å². The van der Waals surface area contributed by atoms with E-state index in [1.54, 1.807) is 56.3 Å². The second-order valence-corrected chi connectivity index (χ2v) is 11.1. The molecule has 4 aromatic rings. The molecule has 4 rings (SSSR count). The van der Waals surface area contributed by atoms with Crippen LogP contribution in [0.4, 0.5) is 4.39 Å². The fourth-order valence-electron chi connectivity index (χ4n) is 4.61. The first-order valence-electron chi connectivity index (χ1n) is 12.6. The Kier molecular flexibility index (Phi) is 8.15. The van der Waals surface area contributed by atoms with E-state index in [2.05, 4.69) is 9.97 Å². The highest BCUT2D eigenvalue weighted by molar-refractivity contribution is 7.91. The van der Waals surface area contributed by atoms with E-state index >= 15 is 0 Å². The van der Waals surface area contributed by atoms with Crippen LogP contribution in [-0.2, 0) is 16.3 Å². The highest BCUT2D eigenvalue weighted by Crippen LogP contribution is 2.32. The van der Waals surface area contributed by atoms with Gasteiger partial charge in [0.15, 0.2) is 4.90 Å². The summed E-state index contributed by atoms with van der Waals surface area (Å²) in [5.41, 5.74) is 1.51. The predicted octanol–water partition coefficient (Wildman–Crippen LogP) is 5.25. The SMILES string of the molecule is CCCCc1nc(O)c(S(=O)(=O)c2ccc(-c3ccc(F)nc3C)cc2)c(=O)n1C(C)c1ccccc1OC. The molecular weight excluding hydrogens is 521 g/mol. The molecule has 0 saturated heterocycles. The summed E-state index contributed by atoms with van der Waals surface area (Å²) in [5, 5.41) is 10.8. The Balaban J connectivity index is 1.85. The zero-order chi connectivity index (χ0) is 28.3. The van der Waals surface area contributed by atoms with Crippen molar-refractivity contribution in [3.8, 4) is 22.8 Å². The fraction of sp³-hybridized carbons (Fsp3) is 0.276. The van der Waals surface area contributed by atoms with E-state index in [1.165, 1.54) is 29.9 Å². The van der Waals surface area contributed by atoms with Crippen molar-refractivity contribution in [3.05, 3.63) is 94.0 Å². The third-order valence-corrected chi connectivity index (χ3v) is 8.44. The summed E-state index contributed by atoms with van der Waals surface area (Å²) in [5.74, 6) is -0.625. The molecule has 0 radical (unpaired) electrons. The first-order valence-corrected chi connectivity index (χ1v) is 14.0. The van der Waals surface area contributed by atoms with E-state index in [0.717, 1.165) is 6.42 Å². The minimum Gasteiger partial charge on any atom is -0.496 e. The van der Waals surface area contributed by atoms with Crippen LogP contribution in [0.3, 0.4) is 0 Å². The lowest BCUT2D eigenvalue weighted by Gasteiger charge is -2.22. The zero-order valence-electron chi connectivity index (χ0n) is 22.2. The molecule has 0 spiro atoms. The van der Waals surface area contributed by atoms with Gasteiger partial charge >= 0.3 is 0 Å². The zero-order valence-corrected chi connectivity index (χ0v) is 23.0. The summed E-state index contributed by atoms with van der Waals surface area (Å²) in [6.07, 6.45) is 1.88. The van der Waals surface area contributed by atoms with Gasteiger partial charge in [-0.2, -0.15) is 9.37 Å². The molecule has 10 heteroatoms. The minimum atomic E-state index is -4.46. The van der Waals surface area contributed by atoms with Crippen molar-refractivity contribution in [2.24, 2.45) is 0 Å². The molecule has 0 aliphatic carbocycles. The number of para-hydroxylation sites is 1. The average Bonchev–Trinajstić information content (AvgIpc) is 2.91. The Morgan fingerprint density at radius 2 is 1.74 bits per heavy atom. The number of hydrogen-bond donors (Lipinski definition) is 1. The van der Waals surface area contributed by atoms with Crippen LogP contribution in [-0.4, -0.2) is 35.2 Å². The van der Waals surface area contributed by atoms with Gasteiger partial charge in [0.1, 0.15) is 11.6 Å². The van der Waals surface area contributed by atoms with Crippen molar-refractivity contribution in [1.29, 1.82) is 0 Å². The Hall–Kier alpha value is -4.05. The average molecular weight is 552 g/mol. The number of sulfone groups is 1. The number of aryl methyl sites for hydroxylation is 2. The van der Waals surface area contributed by atoms with Crippen molar-refractivity contribution < 1.29 is 22.7 Å². The van der Waals surface area contributed by atoms with Gasteiger partial charge in [-0.05, 0) is 56.2 Å². The van der Waals surface area contributed by atoms with Crippen LogP contribution < -0.4 is 10.3 Å². The van der Waals surface area contributed by atoms with E-state index in [4.69, 9.17) is 4.74 Å². The largest absolute Gasteiger partial charge is 0.496 e. The summed E-state index contributed by atoms with van der Waals surface area (Å²) < 4.78 is 47.6. The van der Waals surface area contributed by atoms with Gasteiger partial charge in [-0.25, -0.2) is 13.4 Å². The van der Waals surface area contributed by atoms with Gasteiger partial charge in [-0.15, -0.1) is 0 Å². The predicted molar refractivity (Wildman–Crippen MR) is 145 cm³/mol. The molecule has 2 aromatic carbocycles. The third-order valence-electron chi connectivity index (χ3n) is 6.66. The summed E-state index contributed by atoms with van der Waals surface area (Å²) in [6, 6.07) is 15.1. The highest BCUT2D eigenvalue weighted by atomic mass is 32.2.